The number of nitrogens with one attached hydrogen (secondary N) is 2. The number of hydrogen-bond acceptors (Lipinski definition) is 5. The lowest BCUT2D eigenvalue weighted by molar-refractivity contribution is -0.137. The smallest absolute Gasteiger partial charge is 0.416 e. The summed E-state index contributed by atoms with van der Waals surface area (Å²) < 4.78 is 48.2. The Labute approximate surface area is 151 Å². The molecule has 1 aliphatic heterocycles. The maximum Gasteiger partial charge on any atom is 0.416 e. The fourth-order valence-corrected chi connectivity index (χ4v) is 2.36. The number of benzene rings is 1. The van der Waals surface area contributed by atoms with Gasteiger partial charge in [-0.15, -0.1) is 0 Å². The second kappa shape index (κ2) is 7.39. The van der Waals surface area contributed by atoms with E-state index >= 15 is 0 Å². The van der Waals surface area contributed by atoms with Crippen LogP contribution in [0.15, 0.2) is 35.1 Å². The first-order valence-electron chi connectivity index (χ1n) is 8.06. The summed E-state index contributed by atoms with van der Waals surface area (Å²) in [5.41, 5.74) is -1.02. The van der Waals surface area contributed by atoms with Gasteiger partial charge in [-0.3, -0.25) is 14.6 Å². The molecule has 2 N–H and O–H groups in total. The highest BCUT2D eigenvalue weighted by molar-refractivity contribution is 5.92. The van der Waals surface area contributed by atoms with Crippen LogP contribution in [0.5, 0.6) is 6.01 Å². The molecule has 0 spiro atoms. The molecule has 0 radical (unpaired) electrons. The normalized spacial score (nSPS) is 15.7. The molecule has 0 aliphatic carbocycles. The standard InChI is InChI=1S/C17H16F3N3O4/c1-9(10-2-4-11(5-3-10)17(18,19)20)21-15(25)13-6-14(24)23-16(22-13)27-12-7-26-8-12/h2-6,9,12H,7-8H2,1H3,(H,21,25)(H,22,23,24). The molecule has 1 unspecified atom stereocenters. The van der Waals surface area contributed by atoms with Crippen LogP contribution in [0.3, 0.4) is 0 Å². The van der Waals surface area contributed by atoms with Gasteiger partial charge in [0, 0.05) is 6.07 Å². The fraction of sp³-hybridized carbons (Fsp3) is 0.353. The molecule has 1 atom stereocenters. The number of alkyl halides is 3. The van der Waals surface area contributed by atoms with E-state index in [4.69, 9.17) is 9.47 Å². The summed E-state index contributed by atoms with van der Waals surface area (Å²) in [6.45, 7) is 2.34. The molecule has 1 aliphatic rings. The van der Waals surface area contributed by atoms with Crippen molar-refractivity contribution in [3.05, 3.63) is 57.5 Å². The Morgan fingerprint density at radius 1 is 1.33 bits per heavy atom. The zero-order valence-corrected chi connectivity index (χ0v) is 14.2. The molecule has 27 heavy (non-hydrogen) atoms. The minimum absolute atomic E-state index is 0.0943. The molecule has 144 valence electrons. The Balaban J connectivity index is 1.69. The van der Waals surface area contributed by atoms with E-state index in [1.54, 1.807) is 6.92 Å². The molecule has 2 aromatic rings. The lowest BCUT2D eigenvalue weighted by Crippen LogP contribution is -2.39. The summed E-state index contributed by atoms with van der Waals surface area (Å²) in [5, 5.41) is 2.59. The fourth-order valence-electron chi connectivity index (χ4n) is 2.36. The number of rotatable bonds is 5. The zero-order valence-electron chi connectivity index (χ0n) is 14.2. The number of hydrogen-bond donors (Lipinski definition) is 2. The van der Waals surface area contributed by atoms with Crippen LogP contribution >= 0.6 is 0 Å². The Morgan fingerprint density at radius 3 is 2.56 bits per heavy atom. The number of carbonyl (C=O) groups excluding carboxylic acids is 1. The van der Waals surface area contributed by atoms with Gasteiger partial charge in [-0.2, -0.15) is 18.2 Å². The molecule has 1 amide bonds. The summed E-state index contributed by atoms with van der Waals surface area (Å²) in [4.78, 5) is 30.4. The van der Waals surface area contributed by atoms with E-state index in [0.29, 0.717) is 18.8 Å². The maximum absolute atomic E-state index is 12.6. The Bertz CT molecular complexity index is 876. The summed E-state index contributed by atoms with van der Waals surface area (Å²) in [7, 11) is 0. The third-order valence-electron chi connectivity index (χ3n) is 3.92. The Kier molecular flexibility index (Phi) is 5.17. The van der Waals surface area contributed by atoms with Crippen molar-refractivity contribution >= 4 is 5.91 Å². The highest BCUT2D eigenvalue weighted by Crippen LogP contribution is 2.29. The van der Waals surface area contributed by atoms with Crippen LogP contribution in [-0.4, -0.2) is 35.2 Å². The van der Waals surface area contributed by atoms with E-state index in [1.807, 2.05) is 0 Å². The van der Waals surface area contributed by atoms with Crippen molar-refractivity contribution in [1.82, 2.24) is 15.3 Å². The van der Waals surface area contributed by atoms with Gasteiger partial charge in [-0.1, -0.05) is 12.1 Å². The summed E-state index contributed by atoms with van der Waals surface area (Å²) in [5.74, 6) is -0.650. The summed E-state index contributed by atoms with van der Waals surface area (Å²) >= 11 is 0. The predicted molar refractivity (Wildman–Crippen MR) is 87.4 cm³/mol. The largest absolute Gasteiger partial charge is 0.456 e. The molecule has 0 bridgehead atoms. The van der Waals surface area contributed by atoms with Gasteiger partial charge in [0.05, 0.1) is 24.8 Å². The van der Waals surface area contributed by atoms with Crippen LogP contribution in [0.25, 0.3) is 0 Å². The van der Waals surface area contributed by atoms with Crippen LogP contribution in [0, 0.1) is 0 Å². The predicted octanol–water partition coefficient (Wildman–Crippen LogP) is 2.06. The van der Waals surface area contributed by atoms with Gasteiger partial charge in [0.25, 0.3) is 17.5 Å². The minimum atomic E-state index is -4.43. The van der Waals surface area contributed by atoms with E-state index in [2.05, 4.69) is 15.3 Å². The van der Waals surface area contributed by atoms with Crippen molar-refractivity contribution in [3.63, 3.8) is 0 Å². The molecule has 3 rings (SSSR count). The molecule has 10 heteroatoms. The third kappa shape index (κ3) is 4.64. The molecule has 1 saturated heterocycles. The van der Waals surface area contributed by atoms with Gasteiger partial charge in [0.15, 0.2) is 0 Å². The van der Waals surface area contributed by atoms with Crippen LogP contribution < -0.4 is 15.6 Å². The Morgan fingerprint density at radius 2 is 2.00 bits per heavy atom. The molecule has 1 aromatic heterocycles. The van der Waals surface area contributed by atoms with Gasteiger partial charge in [0.1, 0.15) is 11.8 Å². The number of amides is 1. The van der Waals surface area contributed by atoms with Crippen molar-refractivity contribution in [2.45, 2.75) is 25.2 Å². The number of nitrogens with zero attached hydrogens (tertiary/aromatic N) is 1. The first kappa shape index (κ1) is 18.9. The number of carbonyl (C=O) groups is 1. The minimum Gasteiger partial charge on any atom is -0.456 e. The van der Waals surface area contributed by atoms with E-state index < -0.39 is 29.2 Å². The van der Waals surface area contributed by atoms with Crippen LogP contribution in [0.1, 0.15) is 34.6 Å². The van der Waals surface area contributed by atoms with Crippen LogP contribution in [0.4, 0.5) is 13.2 Å². The van der Waals surface area contributed by atoms with Gasteiger partial charge in [0.2, 0.25) is 0 Å². The quantitative estimate of drug-likeness (QED) is 0.825. The average molecular weight is 383 g/mol. The van der Waals surface area contributed by atoms with Gasteiger partial charge < -0.3 is 14.8 Å². The number of aromatic amines is 1. The first-order valence-corrected chi connectivity index (χ1v) is 8.06. The number of halogens is 3. The SMILES string of the molecule is CC(NC(=O)c1cc(=O)[nH]c(OC2COC2)n1)c1ccc(C(F)(F)F)cc1. The lowest BCUT2D eigenvalue weighted by atomic mass is 10.1. The summed E-state index contributed by atoms with van der Waals surface area (Å²) in [6.07, 6.45) is -4.67. The Hall–Kier alpha value is -2.88. The van der Waals surface area contributed by atoms with Crippen LogP contribution in [-0.2, 0) is 10.9 Å². The number of H-pyrrole nitrogens is 1. The lowest BCUT2D eigenvalue weighted by Gasteiger charge is -2.25. The summed E-state index contributed by atoms with van der Waals surface area (Å²) in [6, 6.07) is 4.77. The molecule has 1 fully saturated rings. The van der Waals surface area contributed by atoms with Crippen LogP contribution in [0.2, 0.25) is 0 Å². The molecule has 2 heterocycles. The first-order chi connectivity index (χ1) is 12.7. The van der Waals surface area contributed by atoms with E-state index in [1.165, 1.54) is 12.1 Å². The molecule has 0 saturated carbocycles. The number of ether oxygens (including phenoxy) is 2. The van der Waals surface area contributed by atoms with Crippen molar-refractivity contribution in [2.24, 2.45) is 0 Å². The second-order valence-corrected chi connectivity index (χ2v) is 6.03. The second-order valence-electron chi connectivity index (χ2n) is 6.03. The van der Waals surface area contributed by atoms with E-state index in [-0.39, 0.29) is 17.8 Å². The highest BCUT2D eigenvalue weighted by atomic mass is 19.4. The van der Waals surface area contributed by atoms with Gasteiger partial charge >= 0.3 is 6.18 Å². The molecule has 7 nitrogen and oxygen atoms in total. The maximum atomic E-state index is 12.6. The van der Waals surface area contributed by atoms with Gasteiger partial charge in [-0.05, 0) is 24.6 Å². The molecular weight excluding hydrogens is 367 g/mol. The van der Waals surface area contributed by atoms with Crippen molar-refractivity contribution in [3.8, 4) is 6.01 Å². The van der Waals surface area contributed by atoms with Crippen molar-refractivity contribution in [1.29, 1.82) is 0 Å². The number of aromatic nitrogens is 2. The molecular formula is C17H16F3N3O4. The van der Waals surface area contributed by atoms with Gasteiger partial charge in [-0.25, -0.2) is 0 Å². The average Bonchev–Trinajstić information content (AvgIpc) is 2.57. The zero-order chi connectivity index (χ0) is 19.6. The van der Waals surface area contributed by atoms with E-state index in [9.17, 15) is 22.8 Å². The monoisotopic (exact) mass is 383 g/mol. The molecule has 1 aromatic carbocycles. The third-order valence-corrected chi connectivity index (χ3v) is 3.92. The van der Waals surface area contributed by atoms with Crippen molar-refractivity contribution in [2.75, 3.05) is 13.2 Å². The highest BCUT2D eigenvalue weighted by Gasteiger charge is 2.30. The van der Waals surface area contributed by atoms with Crippen molar-refractivity contribution < 1.29 is 27.4 Å². The topological polar surface area (TPSA) is 93.3 Å². The van der Waals surface area contributed by atoms with E-state index in [0.717, 1.165) is 18.2 Å².